The lowest BCUT2D eigenvalue weighted by Crippen LogP contribution is -2.48. The van der Waals surface area contributed by atoms with E-state index in [1.54, 1.807) is 17.0 Å². The average molecular weight is 451 g/mol. The molecule has 1 aliphatic rings. The maximum atomic E-state index is 12.4. The van der Waals surface area contributed by atoms with Crippen LogP contribution in [0.4, 0.5) is 4.79 Å². The van der Waals surface area contributed by atoms with E-state index in [1.165, 1.54) is 0 Å². The quantitative estimate of drug-likeness (QED) is 0.485. The lowest BCUT2D eigenvalue weighted by atomic mass is 10.1. The molecule has 5 nitrogen and oxygen atoms in total. The zero-order valence-corrected chi connectivity index (χ0v) is 18.7. The molecule has 4 rings (SSSR count). The van der Waals surface area contributed by atoms with Crippen molar-refractivity contribution < 1.29 is 14.3 Å². The van der Waals surface area contributed by atoms with Gasteiger partial charge in [-0.25, -0.2) is 4.79 Å². The first-order valence-corrected chi connectivity index (χ1v) is 11.2. The van der Waals surface area contributed by atoms with Crippen LogP contribution in [0.15, 0.2) is 78.9 Å². The van der Waals surface area contributed by atoms with Gasteiger partial charge in [0.05, 0.1) is 0 Å². The highest BCUT2D eigenvalue weighted by atomic mass is 35.5. The normalized spacial score (nSPS) is 14.2. The predicted octanol–water partition coefficient (Wildman–Crippen LogP) is 5.37. The molecule has 1 heterocycles. The van der Waals surface area contributed by atoms with Crippen molar-refractivity contribution in [3.63, 3.8) is 0 Å². The van der Waals surface area contributed by atoms with Crippen molar-refractivity contribution in [1.82, 2.24) is 9.80 Å². The Bertz CT molecular complexity index is 1000. The fourth-order valence-electron chi connectivity index (χ4n) is 3.66. The van der Waals surface area contributed by atoms with Gasteiger partial charge in [0.15, 0.2) is 0 Å². The highest BCUT2D eigenvalue weighted by molar-refractivity contribution is 6.30. The van der Waals surface area contributed by atoms with Crippen molar-refractivity contribution in [3.05, 3.63) is 101 Å². The van der Waals surface area contributed by atoms with Crippen molar-refractivity contribution in [1.29, 1.82) is 0 Å². The van der Waals surface area contributed by atoms with Crippen LogP contribution in [-0.4, -0.2) is 42.1 Å². The van der Waals surface area contributed by atoms with Crippen LogP contribution < -0.4 is 4.74 Å². The molecular weight excluding hydrogens is 424 g/mol. The second-order valence-corrected chi connectivity index (χ2v) is 8.26. The van der Waals surface area contributed by atoms with E-state index in [2.05, 4.69) is 23.1 Å². The van der Waals surface area contributed by atoms with Gasteiger partial charge in [-0.3, -0.25) is 4.90 Å². The molecule has 0 aliphatic carbocycles. The molecule has 0 bridgehead atoms. The smallest absolute Gasteiger partial charge is 0.410 e. The minimum absolute atomic E-state index is 0.252. The number of nitrogens with zero attached hydrogens (tertiary/aromatic N) is 2. The molecule has 0 N–H and O–H groups in total. The Hall–Kier alpha value is -3.02. The van der Waals surface area contributed by atoms with Gasteiger partial charge >= 0.3 is 6.09 Å². The monoisotopic (exact) mass is 450 g/mol. The van der Waals surface area contributed by atoms with Gasteiger partial charge in [-0.05, 0) is 29.3 Å². The summed E-state index contributed by atoms with van der Waals surface area (Å²) < 4.78 is 11.5. The molecule has 6 heteroatoms. The first-order chi connectivity index (χ1) is 15.7. The van der Waals surface area contributed by atoms with Gasteiger partial charge < -0.3 is 14.4 Å². The average Bonchev–Trinajstić information content (AvgIpc) is 2.84. The highest BCUT2D eigenvalue weighted by Gasteiger charge is 2.23. The van der Waals surface area contributed by atoms with Gasteiger partial charge in [0, 0.05) is 43.3 Å². The number of halogens is 1. The molecule has 32 heavy (non-hydrogen) atoms. The summed E-state index contributed by atoms with van der Waals surface area (Å²) >= 11 is 5.89. The van der Waals surface area contributed by atoms with Crippen LogP contribution in [0, 0.1) is 0 Å². The molecule has 1 saturated heterocycles. The Labute approximate surface area is 194 Å². The fraction of sp³-hybridized carbons (Fsp3) is 0.269. The molecule has 3 aromatic rings. The summed E-state index contributed by atoms with van der Waals surface area (Å²) in [6, 6.07) is 25.6. The van der Waals surface area contributed by atoms with Gasteiger partial charge in [0.2, 0.25) is 0 Å². The Kier molecular flexibility index (Phi) is 7.64. The minimum Gasteiger partial charge on any atom is -0.489 e. The lowest BCUT2D eigenvalue weighted by molar-refractivity contribution is 0.0698. The van der Waals surface area contributed by atoms with Crippen LogP contribution in [0.3, 0.4) is 0 Å². The third-order valence-electron chi connectivity index (χ3n) is 5.51. The molecular formula is C26H27ClN2O3. The number of benzene rings is 3. The molecule has 0 atom stereocenters. The molecule has 1 aliphatic heterocycles. The van der Waals surface area contributed by atoms with E-state index in [1.807, 2.05) is 48.5 Å². The van der Waals surface area contributed by atoms with Crippen molar-refractivity contribution >= 4 is 17.7 Å². The number of carbonyl (C=O) groups is 1. The van der Waals surface area contributed by atoms with Crippen LogP contribution in [0.1, 0.15) is 16.7 Å². The summed E-state index contributed by atoms with van der Waals surface area (Å²) in [5.41, 5.74) is 3.23. The van der Waals surface area contributed by atoms with Gasteiger partial charge in [0.25, 0.3) is 0 Å². The first-order valence-electron chi connectivity index (χ1n) is 10.8. The number of amides is 1. The molecule has 166 valence electrons. The zero-order valence-electron chi connectivity index (χ0n) is 18.0. The van der Waals surface area contributed by atoms with Crippen molar-refractivity contribution in [2.45, 2.75) is 19.8 Å². The molecule has 0 radical (unpaired) electrons. The lowest BCUT2D eigenvalue weighted by Gasteiger charge is -2.34. The van der Waals surface area contributed by atoms with E-state index in [0.29, 0.717) is 24.7 Å². The number of rotatable bonds is 7. The van der Waals surface area contributed by atoms with E-state index in [9.17, 15) is 4.79 Å². The Morgan fingerprint density at radius 1 is 0.781 bits per heavy atom. The van der Waals surface area contributed by atoms with Gasteiger partial charge in [0.1, 0.15) is 19.0 Å². The summed E-state index contributed by atoms with van der Waals surface area (Å²) in [6.07, 6.45) is -0.272. The molecule has 0 aromatic heterocycles. The summed E-state index contributed by atoms with van der Waals surface area (Å²) in [7, 11) is 0. The van der Waals surface area contributed by atoms with Gasteiger partial charge in [-0.1, -0.05) is 72.3 Å². The topological polar surface area (TPSA) is 42.0 Å². The summed E-state index contributed by atoms with van der Waals surface area (Å²) in [5.74, 6) is 0.904. The summed E-state index contributed by atoms with van der Waals surface area (Å²) in [5, 5.41) is 0.670. The summed E-state index contributed by atoms with van der Waals surface area (Å²) in [6.45, 7) is 4.47. The highest BCUT2D eigenvalue weighted by Crippen LogP contribution is 2.22. The van der Waals surface area contributed by atoms with Crippen LogP contribution in [0.5, 0.6) is 5.75 Å². The molecule has 0 spiro atoms. The molecule has 3 aromatic carbocycles. The molecule has 1 amide bonds. The summed E-state index contributed by atoms with van der Waals surface area (Å²) in [4.78, 5) is 16.5. The predicted molar refractivity (Wildman–Crippen MR) is 126 cm³/mol. The van der Waals surface area contributed by atoms with E-state index < -0.39 is 0 Å². The second kappa shape index (κ2) is 11.0. The van der Waals surface area contributed by atoms with Crippen molar-refractivity contribution in [2.24, 2.45) is 0 Å². The maximum absolute atomic E-state index is 12.4. The van der Waals surface area contributed by atoms with Crippen LogP contribution in [0.25, 0.3) is 0 Å². The van der Waals surface area contributed by atoms with Crippen molar-refractivity contribution in [3.8, 4) is 5.75 Å². The van der Waals surface area contributed by atoms with E-state index in [4.69, 9.17) is 21.1 Å². The first kappa shape index (κ1) is 22.2. The number of hydrogen-bond donors (Lipinski definition) is 0. The third-order valence-corrected chi connectivity index (χ3v) is 5.76. The minimum atomic E-state index is -0.272. The van der Waals surface area contributed by atoms with Gasteiger partial charge in [-0.2, -0.15) is 0 Å². The molecule has 0 saturated carbocycles. The van der Waals surface area contributed by atoms with E-state index >= 15 is 0 Å². The Balaban J connectivity index is 1.25. The van der Waals surface area contributed by atoms with Crippen LogP contribution in [0.2, 0.25) is 5.02 Å². The van der Waals surface area contributed by atoms with E-state index in [-0.39, 0.29) is 12.7 Å². The molecule has 1 fully saturated rings. The molecule has 0 unspecified atom stereocenters. The number of hydrogen-bond acceptors (Lipinski definition) is 4. The van der Waals surface area contributed by atoms with Crippen molar-refractivity contribution in [2.75, 3.05) is 26.2 Å². The van der Waals surface area contributed by atoms with Crippen LogP contribution >= 0.6 is 11.6 Å². The zero-order chi connectivity index (χ0) is 22.2. The number of piperazine rings is 1. The standard InChI is InChI=1S/C26H27ClN2O3/c27-24-12-10-22(11-13-24)20-32-26(30)29-16-14-28(15-17-29)18-23-8-4-5-9-25(23)31-19-21-6-2-1-3-7-21/h1-13H,14-20H2. The number of ether oxygens (including phenoxy) is 2. The number of para-hydroxylation sites is 1. The maximum Gasteiger partial charge on any atom is 0.410 e. The second-order valence-electron chi connectivity index (χ2n) is 7.83. The third kappa shape index (κ3) is 6.25. The Morgan fingerprint density at radius 3 is 2.19 bits per heavy atom. The Morgan fingerprint density at radius 2 is 1.44 bits per heavy atom. The SMILES string of the molecule is O=C(OCc1ccc(Cl)cc1)N1CCN(Cc2ccccc2OCc2ccccc2)CC1. The van der Waals surface area contributed by atoms with E-state index in [0.717, 1.165) is 42.1 Å². The fourth-order valence-corrected chi connectivity index (χ4v) is 3.78. The van der Waals surface area contributed by atoms with Crippen LogP contribution in [-0.2, 0) is 24.5 Å². The largest absolute Gasteiger partial charge is 0.489 e. The van der Waals surface area contributed by atoms with Gasteiger partial charge in [-0.15, -0.1) is 0 Å². The number of carbonyl (C=O) groups excluding carboxylic acids is 1.